The number of anilines is 1. The van der Waals surface area contributed by atoms with Gasteiger partial charge in [-0.2, -0.15) is 5.10 Å². The first-order valence-electron chi connectivity index (χ1n) is 5.79. The zero-order chi connectivity index (χ0) is 13.6. The van der Waals surface area contributed by atoms with Gasteiger partial charge in [0.2, 0.25) is 5.91 Å². The Morgan fingerprint density at radius 1 is 1.37 bits per heavy atom. The van der Waals surface area contributed by atoms with Crippen LogP contribution in [0.4, 0.5) is 10.5 Å². The summed E-state index contributed by atoms with van der Waals surface area (Å²) in [6.07, 6.45) is 2.03. The van der Waals surface area contributed by atoms with Crippen molar-refractivity contribution < 1.29 is 9.59 Å². The van der Waals surface area contributed by atoms with Gasteiger partial charge in [0, 0.05) is 29.9 Å². The first-order chi connectivity index (χ1) is 9.06. The van der Waals surface area contributed by atoms with Gasteiger partial charge in [-0.05, 0) is 12.1 Å². The van der Waals surface area contributed by atoms with Gasteiger partial charge in [0.15, 0.2) is 0 Å². The van der Waals surface area contributed by atoms with Gasteiger partial charge in [-0.25, -0.2) is 4.79 Å². The molecule has 1 fully saturated rings. The second-order valence-corrected chi connectivity index (χ2v) is 5.30. The van der Waals surface area contributed by atoms with Crippen LogP contribution in [-0.2, 0) is 11.8 Å². The van der Waals surface area contributed by atoms with Crippen molar-refractivity contribution in [1.29, 1.82) is 0 Å². The first-order valence-corrected chi connectivity index (χ1v) is 6.58. The summed E-state index contributed by atoms with van der Waals surface area (Å²) in [6.45, 7) is 0.380. The van der Waals surface area contributed by atoms with E-state index in [-0.39, 0.29) is 11.9 Å². The number of carbonyl (C=O) groups excluding carboxylic acids is 2. The lowest BCUT2D eigenvalue weighted by Gasteiger charge is -2.27. The fraction of sp³-hybridized carbons (Fsp3) is 0.250. The van der Waals surface area contributed by atoms with Gasteiger partial charge in [0.25, 0.3) is 0 Å². The standard InChI is InChI=1S/C12H11BrN4O2/c1-16-9-4-7(13)5-10(8(9)6-14-16)17-3-2-11(18)15-12(17)19/h4-6H,2-3H2,1H3,(H,15,18,19). The Kier molecular flexibility index (Phi) is 2.78. The van der Waals surface area contributed by atoms with E-state index in [1.807, 2.05) is 19.2 Å². The fourth-order valence-electron chi connectivity index (χ4n) is 2.21. The van der Waals surface area contributed by atoms with E-state index in [9.17, 15) is 9.59 Å². The molecule has 1 N–H and O–H groups in total. The van der Waals surface area contributed by atoms with Crippen LogP contribution in [0.5, 0.6) is 0 Å². The van der Waals surface area contributed by atoms with Crippen LogP contribution in [0, 0.1) is 0 Å². The maximum Gasteiger partial charge on any atom is 0.328 e. The Hall–Kier alpha value is -1.89. The van der Waals surface area contributed by atoms with Gasteiger partial charge in [-0.1, -0.05) is 15.9 Å². The molecule has 0 spiro atoms. The topological polar surface area (TPSA) is 67.2 Å². The molecule has 3 amide bonds. The SMILES string of the molecule is Cn1ncc2c(N3CCC(=O)NC3=O)cc(Br)cc21. The summed E-state index contributed by atoms with van der Waals surface area (Å²) in [7, 11) is 1.85. The average Bonchev–Trinajstić information content (AvgIpc) is 2.71. The van der Waals surface area contributed by atoms with Gasteiger partial charge in [-0.15, -0.1) is 0 Å². The molecule has 0 radical (unpaired) electrons. The highest BCUT2D eigenvalue weighted by molar-refractivity contribution is 9.10. The Bertz CT molecular complexity index is 694. The second-order valence-electron chi connectivity index (χ2n) is 4.38. The largest absolute Gasteiger partial charge is 0.328 e. The monoisotopic (exact) mass is 322 g/mol. The van der Waals surface area contributed by atoms with Crippen LogP contribution in [0.1, 0.15) is 6.42 Å². The Morgan fingerprint density at radius 3 is 2.89 bits per heavy atom. The number of aryl methyl sites for hydroxylation is 1. The first kappa shape index (κ1) is 12.2. The number of imide groups is 1. The van der Waals surface area contributed by atoms with Crippen LogP contribution in [0.15, 0.2) is 22.8 Å². The summed E-state index contributed by atoms with van der Waals surface area (Å²) in [4.78, 5) is 24.7. The van der Waals surface area contributed by atoms with Crippen molar-refractivity contribution in [3.63, 3.8) is 0 Å². The number of hydrogen-bond acceptors (Lipinski definition) is 3. The minimum absolute atomic E-state index is 0.237. The van der Waals surface area contributed by atoms with Crippen LogP contribution < -0.4 is 10.2 Å². The highest BCUT2D eigenvalue weighted by atomic mass is 79.9. The van der Waals surface area contributed by atoms with E-state index in [2.05, 4.69) is 26.3 Å². The highest BCUT2D eigenvalue weighted by Crippen LogP contribution is 2.31. The van der Waals surface area contributed by atoms with E-state index in [0.717, 1.165) is 21.1 Å². The van der Waals surface area contributed by atoms with Crippen LogP contribution in [0.3, 0.4) is 0 Å². The zero-order valence-corrected chi connectivity index (χ0v) is 11.8. The van der Waals surface area contributed by atoms with Gasteiger partial charge in [0.05, 0.1) is 17.4 Å². The number of aromatic nitrogens is 2. The molecule has 2 aromatic rings. The second kappa shape index (κ2) is 4.34. The molecule has 7 heteroatoms. The highest BCUT2D eigenvalue weighted by Gasteiger charge is 2.26. The maximum absolute atomic E-state index is 11.9. The van der Waals surface area contributed by atoms with Gasteiger partial charge in [-0.3, -0.25) is 19.7 Å². The molecule has 0 aliphatic carbocycles. The molecule has 2 heterocycles. The molecule has 6 nitrogen and oxygen atoms in total. The smallest absolute Gasteiger partial charge is 0.293 e. The number of fused-ring (bicyclic) bond motifs is 1. The summed E-state index contributed by atoms with van der Waals surface area (Å²) >= 11 is 3.43. The lowest BCUT2D eigenvalue weighted by Crippen LogP contribution is -2.49. The number of nitrogens with zero attached hydrogens (tertiary/aromatic N) is 3. The van der Waals surface area contributed by atoms with Crippen LogP contribution in [0.25, 0.3) is 10.9 Å². The molecule has 0 bridgehead atoms. The van der Waals surface area contributed by atoms with Crippen molar-refractivity contribution in [2.75, 3.05) is 11.4 Å². The molecule has 0 unspecified atom stereocenters. The van der Waals surface area contributed by atoms with Crippen LogP contribution in [0.2, 0.25) is 0 Å². The van der Waals surface area contributed by atoms with Crippen molar-refractivity contribution in [2.45, 2.75) is 6.42 Å². The normalized spacial score (nSPS) is 16.0. The molecule has 3 rings (SSSR count). The predicted octanol–water partition coefficient (Wildman–Crippen LogP) is 1.78. The number of nitrogens with one attached hydrogen (secondary N) is 1. The van der Waals surface area contributed by atoms with Crippen molar-refractivity contribution in [2.24, 2.45) is 7.05 Å². The van der Waals surface area contributed by atoms with E-state index in [1.54, 1.807) is 15.8 Å². The quantitative estimate of drug-likeness (QED) is 0.870. The third-order valence-corrected chi connectivity index (χ3v) is 3.61. The molecule has 1 aliphatic heterocycles. The number of urea groups is 1. The Balaban J connectivity index is 2.14. The Morgan fingerprint density at radius 2 is 2.16 bits per heavy atom. The van der Waals surface area contributed by atoms with E-state index < -0.39 is 0 Å². The molecule has 98 valence electrons. The van der Waals surface area contributed by atoms with Crippen molar-refractivity contribution in [3.05, 3.63) is 22.8 Å². The van der Waals surface area contributed by atoms with E-state index in [0.29, 0.717) is 13.0 Å². The van der Waals surface area contributed by atoms with Crippen molar-refractivity contribution in [3.8, 4) is 0 Å². The predicted molar refractivity (Wildman–Crippen MR) is 73.9 cm³/mol. The molecular weight excluding hydrogens is 312 g/mol. The van der Waals surface area contributed by atoms with E-state index in [4.69, 9.17) is 0 Å². The zero-order valence-electron chi connectivity index (χ0n) is 10.2. The number of rotatable bonds is 1. The van der Waals surface area contributed by atoms with Gasteiger partial charge >= 0.3 is 6.03 Å². The third kappa shape index (κ3) is 1.99. The van der Waals surface area contributed by atoms with Gasteiger partial charge < -0.3 is 0 Å². The summed E-state index contributed by atoms with van der Waals surface area (Å²) in [5, 5.41) is 7.41. The molecule has 1 aromatic heterocycles. The number of carbonyl (C=O) groups is 2. The molecule has 1 aliphatic rings. The van der Waals surface area contributed by atoms with Crippen molar-refractivity contribution >= 4 is 44.5 Å². The molecule has 19 heavy (non-hydrogen) atoms. The molecule has 1 saturated heterocycles. The fourth-order valence-corrected chi connectivity index (χ4v) is 2.65. The average molecular weight is 323 g/mol. The summed E-state index contributed by atoms with van der Waals surface area (Å²) in [6, 6.07) is 3.41. The molecule has 1 aromatic carbocycles. The minimum atomic E-state index is -0.389. The number of hydrogen-bond donors (Lipinski definition) is 1. The van der Waals surface area contributed by atoms with Crippen molar-refractivity contribution in [1.82, 2.24) is 15.1 Å². The number of benzene rings is 1. The Labute approximate surface area is 117 Å². The third-order valence-electron chi connectivity index (χ3n) is 3.15. The minimum Gasteiger partial charge on any atom is -0.293 e. The molecular formula is C12H11BrN4O2. The number of amides is 3. The summed E-state index contributed by atoms with van der Waals surface area (Å²) in [5.41, 5.74) is 1.68. The lowest BCUT2D eigenvalue weighted by atomic mass is 10.2. The van der Waals surface area contributed by atoms with Crippen LogP contribution in [-0.4, -0.2) is 28.3 Å². The van der Waals surface area contributed by atoms with Crippen LogP contribution >= 0.6 is 15.9 Å². The summed E-state index contributed by atoms with van der Waals surface area (Å²) in [5.74, 6) is -0.237. The van der Waals surface area contributed by atoms with Gasteiger partial charge in [0.1, 0.15) is 0 Å². The molecule has 0 saturated carbocycles. The maximum atomic E-state index is 11.9. The van der Waals surface area contributed by atoms with E-state index in [1.165, 1.54) is 0 Å². The molecule has 0 atom stereocenters. The lowest BCUT2D eigenvalue weighted by molar-refractivity contribution is -0.120. The summed E-state index contributed by atoms with van der Waals surface area (Å²) < 4.78 is 2.61. The van der Waals surface area contributed by atoms with E-state index >= 15 is 0 Å². The number of halogens is 1.